The van der Waals surface area contributed by atoms with Crippen molar-refractivity contribution in [3.8, 4) is 0 Å². The van der Waals surface area contributed by atoms with Gasteiger partial charge >= 0.3 is 12.4 Å². The highest BCUT2D eigenvalue weighted by Gasteiger charge is 2.72. The van der Waals surface area contributed by atoms with Crippen molar-refractivity contribution in [3.05, 3.63) is 204 Å². The van der Waals surface area contributed by atoms with Crippen LogP contribution in [0.2, 0.25) is 0 Å². The molecule has 8 aromatic carbocycles. The molecule has 8 aromatic rings. The summed E-state index contributed by atoms with van der Waals surface area (Å²) in [6.07, 6.45) is -0.288. The highest BCUT2D eigenvalue weighted by atomic mass is 19.4. The van der Waals surface area contributed by atoms with Crippen molar-refractivity contribution in [2.45, 2.75) is 134 Å². The molecular weight excluding hydrogens is 923 g/mol. The molecule has 0 spiro atoms. The molecule has 380 valence electrons. The van der Waals surface area contributed by atoms with Gasteiger partial charge in [0, 0.05) is 33.5 Å². The quantitative estimate of drug-likeness (QED) is 0.0555. The van der Waals surface area contributed by atoms with Crippen molar-refractivity contribution in [1.82, 2.24) is 0 Å². The fraction of sp³-hybridized carbons (Fsp3) is 0.323. The Hall–Kier alpha value is -6.54. The Morgan fingerprint density at radius 2 is 0.630 bits per heavy atom. The van der Waals surface area contributed by atoms with Gasteiger partial charge in [0.1, 0.15) is 0 Å². The molecule has 73 heavy (non-hydrogen) atoms. The van der Waals surface area contributed by atoms with E-state index in [1.807, 2.05) is 119 Å². The first kappa shape index (κ1) is 52.8. The lowest BCUT2D eigenvalue weighted by atomic mass is 9.72. The molecular formula is C65H68F6N2. The Labute approximate surface area is 428 Å². The molecule has 0 saturated heterocycles. The fourth-order valence-corrected chi connectivity index (χ4v) is 10.8. The zero-order valence-corrected chi connectivity index (χ0v) is 43.1. The van der Waals surface area contributed by atoms with Crippen molar-refractivity contribution in [2.24, 2.45) is 0 Å². The first-order valence-electron chi connectivity index (χ1n) is 26.0. The molecule has 0 fully saturated rings. The standard InChI is InChI=1S/C65H68F6N2/c1-7-9-11-12-18-46-62(5,6)50-31-39-54(40-32-50)73(60-28-20-24-48-22-14-16-26-58(48)60)56-43-35-52(36-44-56)63(64(66,67)68,65(69,70)71)51-33-41-55(42-34-51)72(59-27-19-23-47-21-13-15-25-57(47)59)53-37-29-49(30-38-53)61(3,4)45-17-10-8-2/h13-16,19-44H,7-12,17-18,45-46H2,1-6H3. The lowest BCUT2D eigenvalue weighted by Crippen LogP contribution is -2.54. The van der Waals surface area contributed by atoms with Gasteiger partial charge in [-0.25, -0.2) is 0 Å². The number of alkyl halides is 6. The Balaban J connectivity index is 1.20. The van der Waals surface area contributed by atoms with Crippen LogP contribution in [0.15, 0.2) is 182 Å². The SMILES string of the molecule is CCCCCCCC(C)(C)c1ccc(N(c2ccc(C(c3ccc(N(c4ccc(C(C)(C)CCCCC)cc4)c4cccc5ccccc45)cc3)(C(F)(F)F)C(F)(F)F)cc2)c2cccc3ccccc23)cc1. The van der Waals surface area contributed by atoms with Crippen LogP contribution in [0.1, 0.15) is 128 Å². The van der Waals surface area contributed by atoms with Gasteiger partial charge in [-0.2, -0.15) is 26.3 Å². The molecule has 0 atom stereocenters. The maximum atomic E-state index is 15.9. The van der Waals surface area contributed by atoms with Crippen LogP contribution in [-0.4, -0.2) is 12.4 Å². The van der Waals surface area contributed by atoms with Gasteiger partial charge in [0.25, 0.3) is 0 Å². The summed E-state index contributed by atoms with van der Waals surface area (Å²) in [7, 11) is 0. The van der Waals surface area contributed by atoms with Crippen molar-refractivity contribution in [3.63, 3.8) is 0 Å². The number of hydrogen-bond donors (Lipinski definition) is 0. The maximum Gasteiger partial charge on any atom is 0.411 e. The third-order valence-corrected chi connectivity index (χ3v) is 15.1. The summed E-state index contributed by atoms with van der Waals surface area (Å²) in [6, 6.07) is 52.9. The van der Waals surface area contributed by atoms with Crippen LogP contribution in [0.25, 0.3) is 21.5 Å². The zero-order valence-electron chi connectivity index (χ0n) is 43.1. The minimum Gasteiger partial charge on any atom is -0.310 e. The molecule has 0 radical (unpaired) electrons. The molecule has 0 aliphatic rings. The second-order valence-corrected chi connectivity index (χ2v) is 21.0. The van der Waals surface area contributed by atoms with E-state index in [9.17, 15) is 0 Å². The lowest BCUT2D eigenvalue weighted by Gasteiger charge is -2.39. The fourth-order valence-electron chi connectivity index (χ4n) is 10.8. The van der Waals surface area contributed by atoms with E-state index >= 15 is 26.3 Å². The second-order valence-electron chi connectivity index (χ2n) is 21.0. The Kier molecular flexibility index (Phi) is 15.8. The molecule has 0 bridgehead atoms. The average Bonchev–Trinajstić information content (AvgIpc) is 3.37. The van der Waals surface area contributed by atoms with Crippen LogP contribution in [0.5, 0.6) is 0 Å². The van der Waals surface area contributed by atoms with E-state index in [-0.39, 0.29) is 10.8 Å². The minimum absolute atomic E-state index is 0.0969. The number of anilines is 6. The van der Waals surface area contributed by atoms with Crippen molar-refractivity contribution < 1.29 is 26.3 Å². The third-order valence-electron chi connectivity index (χ3n) is 15.1. The van der Waals surface area contributed by atoms with Gasteiger partial charge in [0.2, 0.25) is 5.41 Å². The first-order valence-corrected chi connectivity index (χ1v) is 26.0. The van der Waals surface area contributed by atoms with Crippen LogP contribution < -0.4 is 9.80 Å². The molecule has 0 saturated carbocycles. The Morgan fingerprint density at radius 1 is 0.329 bits per heavy atom. The zero-order chi connectivity index (χ0) is 52.0. The molecule has 0 amide bonds. The van der Waals surface area contributed by atoms with Gasteiger partial charge in [-0.1, -0.05) is 214 Å². The highest BCUT2D eigenvalue weighted by Crippen LogP contribution is 2.57. The van der Waals surface area contributed by atoms with Crippen LogP contribution in [-0.2, 0) is 16.2 Å². The average molecular weight is 991 g/mol. The van der Waals surface area contributed by atoms with Crippen molar-refractivity contribution in [2.75, 3.05) is 9.80 Å². The maximum absolute atomic E-state index is 15.9. The van der Waals surface area contributed by atoms with Crippen LogP contribution in [0.3, 0.4) is 0 Å². The van der Waals surface area contributed by atoms with E-state index in [1.165, 1.54) is 49.9 Å². The highest BCUT2D eigenvalue weighted by molar-refractivity contribution is 6.00. The monoisotopic (exact) mass is 991 g/mol. The van der Waals surface area contributed by atoms with Crippen LogP contribution in [0, 0.1) is 0 Å². The number of benzene rings is 8. The summed E-state index contributed by atoms with van der Waals surface area (Å²) in [5.74, 6) is 0. The van der Waals surface area contributed by atoms with Gasteiger partial charge in [-0.05, 0) is 117 Å². The van der Waals surface area contributed by atoms with E-state index in [1.54, 1.807) is 0 Å². The number of halogens is 6. The molecule has 0 unspecified atom stereocenters. The van der Waals surface area contributed by atoms with Gasteiger partial charge in [-0.15, -0.1) is 0 Å². The van der Waals surface area contributed by atoms with Crippen molar-refractivity contribution >= 4 is 55.7 Å². The predicted octanol–water partition coefficient (Wildman–Crippen LogP) is 20.8. The van der Waals surface area contributed by atoms with E-state index in [0.29, 0.717) is 11.4 Å². The van der Waals surface area contributed by atoms with Crippen LogP contribution in [0.4, 0.5) is 60.5 Å². The summed E-state index contributed by atoms with van der Waals surface area (Å²) in [6.45, 7) is 13.3. The summed E-state index contributed by atoms with van der Waals surface area (Å²) in [5.41, 5.74) is -0.369. The normalized spacial score (nSPS) is 12.7. The third kappa shape index (κ3) is 10.9. The summed E-state index contributed by atoms with van der Waals surface area (Å²) in [5, 5.41) is 3.64. The number of unbranched alkanes of at least 4 members (excludes halogenated alkanes) is 6. The molecule has 8 heteroatoms. The minimum atomic E-state index is -5.78. The molecule has 0 aromatic heterocycles. The predicted molar refractivity (Wildman–Crippen MR) is 294 cm³/mol. The van der Waals surface area contributed by atoms with E-state index < -0.39 is 28.9 Å². The Morgan fingerprint density at radius 3 is 0.986 bits per heavy atom. The second kappa shape index (κ2) is 21.9. The van der Waals surface area contributed by atoms with Crippen LogP contribution >= 0.6 is 0 Å². The summed E-state index contributed by atoms with van der Waals surface area (Å²) >= 11 is 0. The summed E-state index contributed by atoms with van der Waals surface area (Å²) < 4.78 is 95.6. The van der Waals surface area contributed by atoms with E-state index in [4.69, 9.17) is 0 Å². The summed E-state index contributed by atoms with van der Waals surface area (Å²) in [4.78, 5) is 3.81. The molecule has 0 heterocycles. The lowest BCUT2D eigenvalue weighted by molar-refractivity contribution is -0.288. The Bertz CT molecular complexity index is 3030. The molecule has 0 aliphatic carbocycles. The topological polar surface area (TPSA) is 6.48 Å². The van der Waals surface area contributed by atoms with E-state index in [0.717, 1.165) is 118 Å². The molecule has 0 N–H and O–H groups in total. The largest absolute Gasteiger partial charge is 0.411 e. The van der Waals surface area contributed by atoms with Gasteiger partial charge in [0.05, 0.1) is 11.4 Å². The van der Waals surface area contributed by atoms with Gasteiger partial charge in [0.15, 0.2) is 0 Å². The number of nitrogens with zero attached hydrogens (tertiary/aromatic N) is 2. The molecule has 8 rings (SSSR count). The number of hydrogen-bond acceptors (Lipinski definition) is 2. The smallest absolute Gasteiger partial charge is 0.310 e. The molecule has 2 nitrogen and oxygen atoms in total. The van der Waals surface area contributed by atoms with Gasteiger partial charge in [-0.3, -0.25) is 0 Å². The van der Waals surface area contributed by atoms with E-state index in [2.05, 4.69) is 65.8 Å². The number of rotatable bonds is 20. The number of fused-ring (bicyclic) bond motifs is 2. The first-order chi connectivity index (χ1) is 34.9. The van der Waals surface area contributed by atoms with Crippen molar-refractivity contribution in [1.29, 1.82) is 0 Å². The van der Waals surface area contributed by atoms with Gasteiger partial charge < -0.3 is 9.80 Å². The molecule has 0 aliphatic heterocycles.